The fraction of sp³-hybridized carbons (Fsp3) is 0.615. The number of anilines is 1. The predicted molar refractivity (Wildman–Crippen MR) is 201 cm³/mol. The first kappa shape index (κ1) is 38.4. The SMILES string of the molecule is Cn1ncc(-c2nc(NC3CCC(N(Cc4ccccc4)C(=O)OCCCCCCCCNC(=O)OC(C)(C)C)CC3)ncc2Cl)c1CC1CC1. The van der Waals surface area contributed by atoms with Crippen LogP contribution in [0.1, 0.15) is 109 Å². The summed E-state index contributed by atoms with van der Waals surface area (Å²) in [5, 5.41) is 11.4. The summed E-state index contributed by atoms with van der Waals surface area (Å²) in [5.41, 5.74) is 3.47. The van der Waals surface area contributed by atoms with Gasteiger partial charge in [0.25, 0.3) is 0 Å². The van der Waals surface area contributed by atoms with Crippen LogP contribution in [-0.4, -0.2) is 67.7 Å². The number of carbonyl (C=O) groups is 2. The van der Waals surface area contributed by atoms with E-state index in [9.17, 15) is 9.59 Å². The number of aromatic nitrogens is 4. The third-order valence-electron chi connectivity index (χ3n) is 9.61. The number of alkyl carbamates (subject to hydrolysis) is 1. The smallest absolute Gasteiger partial charge is 0.410 e. The van der Waals surface area contributed by atoms with Crippen molar-refractivity contribution >= 4 is 29.7 Å². The molecule has 0 spiro atoms. The zero-order valence-corrected chi connectivity index (χ0v) is 31.6. The van der Waals surface area contributed by atoms with Crippen LogP contribution in [-0.2, 0) is 29.5 Å². The highest BCUT2D eigenvalue weighted by molar-refractivity contribution is 6.33. The van der Waals surface area contributed by atoms with Crippen LogP contribution >= 0.6 is 11.6 Å². The Morgan fingerprint density at radius 1 is 0.961 bits per heavy atom. The van der Waals surface area contributed by atoms with Gasteiger partial charge in [-0.15, -0.1) is 0 Å². The van der Waals surface area contributed by atoms with Crippen molar-refractivity contribution in [1.82, 2.24) is 30.0 Å². The van der Waals surface area contributed by atoms with Crippen LogP contribution in [0.2, 0.25) is 5.02 Å². The van der Waals surface area contributed by atoms with Crippen molar-refractivity contribution in [3.8, 4) is 11.3 Å². The van der Waals surface area contributed by atoms with E-state index in [1.807, 2.05) is 61.8 Å². The molecule has 2 N–H and O–H groups in total. The van der Waals surface area contributed by atoms with Gasteiger partial charge in [-0.1, -0.05) is 67.6 Å². The molecule has 2 heterocycles. The van der Waals surface area contributed by atoms with Crippen molar-refractivity contribution in [2.45, 2.75) is 128 Å². The lowest BCUT2D eigenvalue weighted by atomic mass is 9.90. The highest BCUT2D eigenvalue weighted by atomic mass is 35.5. The molecule has 5 rings (SSSR count). The molecule has 0 radical (unpaired) electrons. The van der Waals surface area contributed by atoms with Crippen LogP contribution in [0.15, 0.2) is 42.7 Å². The molecule has 2 saturated carbocycles. The van der Waals surface area contributed by atoms with E-state index in [1.54, 1.807) is 6.20 Å². The Labute approximate surface area is 308 Å². The molecule has 2 aromatic heterocycles. The van der Waals surface area contributed by atoms with Gasteiger partial charge < -0.3 is 25.0 Å². The van der Waals surface area contributed by atoms with Gasteiger partial charge in [-0.25, -0.2) is 19.6 Å². The second-order valence-electron chi connectivity index (χ2n) is 15.1. The number of carbonyl (C=O) groups excluding carboxylic acids is 2. The minimum atomic E-state index is -0.483. The van der Waals surface area contributed by atoms with Crippen LogP contribution in [0.4, 0.5) is 15.5 Å². The first-order chi connectivity index (χ1) is 24.6. The number of rotatable bonds is 17. The van der Waals surface area contributed by atoms with Gasteiger partial charge in [0.1, 0.15) is 5.60 Å². The molecule has 278 valence electrons. The summed E-state index contributed by atoms with van der Waals surface area (Å²) < 4.78 is 13.0. The van der Waals surface area contributed by atoms with Gasteiger partial charge in [0.2, 0.25) is 5.95 Å². The summed E-state index contributed by atoms with van der Waals surface area (Å²) in [6.07, 6.45) is 15.9. The minimum absolute atomic E-state index is 0.0899. The summed E-state index contributed by atoms with van der Waals surface area (Å²) in [4.78, 5) is 36.5. The third-order valence-corrected chi connectivity index (χ3v) is 9.88. The molecule has 0 atom stereocenters. The van der Waals surface area contributed by atoms with Gasteiger partial charge in [-0.2, -0.15) is 5.10 Å². The van der Waals surface area contributed by atoms with E-state index in [1.165, 1.54) is 12.8 Å². The maximum Gasteiger partial charge on any atom is 0.410 e. The Bertz CT molecular complexity index is 1550. The quantitative estimate of drug-likeness (QED) is 0.133. The first-order valence-corrected chi connectivity index (χ1v) is 19.2. The molecule has 3 aromatic rings. The molecule has 0 saturated heterocycles. The van der Waals surface area contributed by atoms with E-state index in [4.69, 9.17) is 26.1 Å². The average molecular weight is 722 g/mol. The lowest BCUT2D eigenvalue weighted by molar-refractivity contribution is 0.0526. The van der Waals surface area contributed by atoms with Gasteiger partial charge in [-0.3, -0.25) is 4.68 Å². The first-order valence-electron chi connectivity index (χ1n) is 18.8. The third kappa shape index (κ3) is 12.4. The average Bonchev–Trinajstić information content (AvgIpc) is 3.86. The highest BCUT2D eigenvalue weighted by Crippen LogP contribution is 2.37. The van der Waals surface area contributed by atoms with Crippen molar-refractivity contribution in [2.75, 3.05) is 18.5 Å². The molecule has 51 heavy (non-hydrogen) atoms. The van der Waals surface area contributed by atoms with Crippen LogP contribution < -0.4 is 10.6 Å². The van der Waals surface area contributed by atoms with E-state index < -0.39 is 5.60 Å². The number of halogens is 1. The Hall–Kier alpha value is -3.86. The summed E-state index contributed by atoms with van der Waals surface area (Å²) in [6, 6.07) is 10.4. The van der Waals surface area contributed by atoms with Crippen LogP contribution in [0.3, 0.4) is 0 Å². The van der Waals surface area contributed by atoms with Crippen molar-refractivity contribution in [1.29, 1.82) is 0 Å². The van der Waals surface area contributed by atoms with E-state index in [0.29, 0.717) is 30.7 Å². The van der Waals surface area contributed by atoms with E-state index in [-0.39, 0.29) is 24.3 Å². The summed E-state index contributed by atoms with van der Waals surface area (Å²) >= 11 is 6.61. The van der Waals surface area contributed by atoms with E-state index in [2.05, 4.69) is 32.8 Å². The van der Waals surface area contributed by atoms with Crippen LogP contribution in [0, 0.1) is 5.92 Å². The minimum Gasteiger partial charge on any atom is -0.449 e. The van der Waals surface area contributed by atoms with Crippen molar-refractivity contribution < 1.29 is 19.1 Å². The fourth-order valence-electron chi connectivity index (χ4n) is 6.64. The molecule has 0 unspecified atom stereocenters. The van der Waals surface area contributed by atoms with Crippen molar-refractivity contribution in [3.63, 3.8) is 0 Å². The standard InChI is InChI=1S/C39H56ClN7O4/c1-39(2,3)51-37(48)41-22-12-7-5-6-8-13-23-50-38(49)47(27-29-14-10-9-11-15-29)31-20-18-30(19-21-31)44-36-42-26-33(40)35(45-36)32-25-43-46(4)34(32)24-28-16-17-28/h9-11,14-15,25-26,28,30-31H,5-8,12-13,16-24,27H2,1-4H3,(H,41,48)(H,42,44,45). The number of unbranched alkanes of at least 4 members (excludes halogenated alkanes) is 5. The number of amides is 2. The number of aryl methyl sites for hydroxylation is 1. The number of ether oxygens (including phenoxy) is 2. The molecular formula is C39H56ClN7O4. The molecule has 2 aliphatic rings. The molecule has 0 aliphatic heterocycles. The normalized spacial score (nSPS) is 17.5. The molecule has 2 aliphatic carbocycles. The molecule has 12 heteroatoms. The van der Waals surface area contributed by atoms with E-state index in [0.717, 1.165) is 99.1 Å². The summed E-state index contributed by atoms with van der Waals surface area (Å²) in [6.45, 7) is 7.13. The molecule has 2 fully saturated rings. The lowest BCUT2D eigenvalue weighted by Gasteiger charge is -2.36. The zero-order chi connectivity index (χ0) is 36.2. The highest BCUT2D eigenvalue weighted by Gasteiger charge is 2.31. The van der Waals surface area contributed by atoms with Crippen molar-refractivity contribution in [2.24, 2.45) is 13.0 Å². The maximum absolute atomic E-state index is 13.5. The van der Waals surface area contributed by atoms with Crippen LogP contribution in [0.5, 0.6) is 0 Å². The summed E-state index contributed by atoms with van der Waals surface area (Å²) in [7, 11) is 1.98. The Balaban J connectivity index is 1.06. The van der Waals surface area contributed by atoms with Gasteiger partial charge in [-0.05, 0) is 90.0 Å². The second-order valence-corrected chi connectivity index (χ2v) is 15.5. The molecule has 1 aromatic carbocycles. The zero-order valence-electron chi connectivity index (χ0n) is 30.8. The number of nitrogens with zero attached hydrogens (tertiary/aromatic N) is 5. The molecule has 11 nitrogen and oxygen atoms in total. The largest absolute Gasteiger partial charge is 0.449 e. The fourth-order valence-corrected chi connectivity index (χ4v) is 6.83. The monoisotopic (exact) mass is 721 g/mol. The lowest BCUT2D eigenvalue weighted by Crippen LogP contribution is -2.44. The Morgan fingerprint density at radius 3 is 2.37 bits per heavy atom. The van der Waals surface area contributed by atoms with E-state index >= 15 is 0 Å². The number of hydrogen-bond donors (Lipinski definition) is 2. The number of nitrogens with one attached hydrogen (secondary N) is 2. The molecular weight excluding hydrogens is 666 g/mol. The Kier molecular flexibility index (Phi) is 14.0. The summed E-state index contributed by atoms with van der Waals surface area (Å²) in [5.74, 6) is 1.28. The molecule has 2 amide bonds. The number of benzene rings is 1. The van der Waals surface area contributed by atoms with Gasteiger partial charge >= 0.3 is 12.2 Å². The topological polar surface area (TPSA) is 124 Å². The number of hydrogen-bond acceptors (Lipinski definition) is 8. The Morgan fingerprint density at radius 2 is 1.67 bits per heavy atom. The predicted octanol–water partition coefficient (Wildman–Crippen LogP) is 8.71. The van der Waals surface area contributed by atoms with Crippen molar-refractivity contribution in [3.05, 3.63) is 59.0 Å². The van der Waals surface area contributed by atoms with Gasteiger partial charge in [0.15, 0.2) is 0 Å². The molecule has 0 bridgehead atoms. The second kappa shape index (κ2) is 18.6. The van der Waals surface area contributed by atoms with Crippen LogP contribution in [0.25, 0.3) is 11.3 Å². The van der Waals surface area contributed by atoms with Gasteiger partial charge in [0, 0.05) is 43.5 Å². The maximum atomic E-state index is 13.5. The van der Waals surface area contributed by atoms with Gasteiger partial charge in [0.05, 0.1) is 29.7 Å².